The van der Waals surface area contributed by atoms with Gasteiger partial charge in [-0.25, -0.2) is 0 Å². The first-order valence-electron chi connectivity index (χ1n) is 6.92. The van der Waals surface area contributed by atoms with E-state index in [0.717, 1.165) is 49.8 Å². The van der Waals surface area contributed by atoms with Crippen LogP contribution in [0.5, 0.6) is 0 Å². The van der Waals surface area contributed by atoms with Crippen LogP contribution in [-0.4, -0.2) is 9.78 Å². The summed E-state index contributed by atoms with van der Waals surface area (Å²) in [6, 6.07) is 6.00. The lowest BCUT2D eigenvalue weighted by Gasteiger charge is -2.15. The lowest BCUT2D eigenvalue weighted by Crippen LogP contribution is -2.17. The molecule has 0 bridgehead atoms. The second kappa shape index (κ2) is 7.40. The van der Waals surface area contributed by atoms with Gasteiger partial charge in [0, 0.05) is 28.0 Å². The molecule has 2 aromatic rings. The zero-order valence-electron chi connectivity index (χ0n) is 12.0. The number of nitrogens with zero attached hydrogens (tertiary/aromatic N) is 2. The highest BCUT2D eigenvalue weighted by molar-refractivity contribution is 9.11. The van der Waals surface area contributed by atoms with Gasteiger partial charge in [-0.1, -0.05) is 38.8 Å². The Morgan fingerprint density at radius 3 is 2.57 bits per heavy atom. The summed E-state index contributed by atoms with van der Waals surface area (Å²) < 4.78 is 5.20. The lowest BCUT2D eigenvalue weighted by atomic mass is 10.0. The van der Waals surface area contributed by atoms with Crippen LogP contribution in [0, 0.1) is 0 Å². The van der Waals surface area contributed by atoms with Gasteiger partial charge in [-0.2, -0.15) is 5.10 Å². The summed E-state index contributed by atoms with van der Waals surface area (Å²) in [5.41, 5.74) is 9.77. The molecule has 21 heavy (non-hydrogen) atoms. The van der Waals surface area contributed by atoms with Crippen LogP contribution in [0.4, 0.5) is 0 Å². The van der Waals surface area contributed by atoms with Gasteiger partial charge in [0.05, 0.1) is 15.9 Å². The maximum absolute atomic E-state index is 6.43. The van der Waals surface area contributed by atoms with E-state index in [9.17, 15) is 0 Å². The SMILES string of the molecule is CCc1nn(CC)c(CC(N)c2cc(Br)ccc2Br)c1Br. The number of benzene rings is 1. The van der Waals surface area contributed by atoms with Crippen LogP contribution in [0.15, 0.2) is 31.6 Å². The summed E-state index contributed by atoms with van der Waals surface area (Å²) >= 11 is 10.8. The van der Waals surface area contributed by atoms with Gasteiger partial charge in [-0.05, 0) is 53.0 Å². The van der Waals surface area contributed by atoms with E-state index in [2.05, 4.69) is 72.8 Å². The Morgan fingerprint density at radius 2 is 1.95 bits per heavy atom. The molecule has 0 saturated heterocycles. The van der Waals surface area contributed by atoms with Crippen LogP contribution >= 0.6 is 47.8 Å². The molecule has 0 fully saturated rings. The van der Waals surface area contributed by atoms with Gasteiger partial charge in [-0.3, -0.25) is 4.68 Å². The van der Waals surface area contributed by atoms with Crippen LogP contribution in [0.2, 0.25) is 0 Å². The Bertz CT molecular complexity index is 637. The fourth-order valence-corrected chi connectivity index (χ4v) is 3.97. The summed E-state index contributed by atoms with van der Waals surface area (Å²) in [6.45, 7) is 5.06. The summed E-state index contributed by atoms with van der Waals surface area (Å²) in [6.07, 6.45) is 1.66. The third-order valence-corrected chi connectivity index (χ3v) is 5.60. The summed E-state index contributed by atoms with van der Waals surface area (Å²) in [5.74, 6) is 0. The highest BCUT2D eigenvalue weighted by Gasteiger charge is 2.19. The van der Waals surface area contributed by atoms with E-state index < -0.39 is 0 Å². The molecule has 1 heterocycles. The van der Waals surface area contributed by atoms with Crippen LogP contribution in [0.1, 0.15) is 36.8 Å². The van der Waals surface area contributed by atoms with E-state index in [4.69, 9.17) is 5.73 Å². The number of aryl methyl sites for hydroxylation is 2. The van der Waals surface area contributed by atoms with E-state index in [-0.39, 0.29) is 6.04 Å². The lowest BCUT2D eigenvalue weighted by molar-refractivity contribution is 0.584. The van der Waals surface area contributed by atoms with Crippen molar-refractivity contribution in [3.63, 3.8) is 0 Å². The van der Waals surface area contributed by atoms with Crippen molar-refractivity contribution in [3.05, 3.63) is 48.6 Å². The molecular weight excluding hydrogens is 462 g/mol. The fraction of sp³-hybridized carbons (Fsp3) is 0.400. The minimum atomic E-state index is -0.0834. The van der Waals surface area contributed by atoms with E-state index in [1.165, 1.54) is 0 Å². The summed E-state index contributed by atoms with van der Waals surface area (Å²) in [7, 11) is 0. The summed E-state index contributed by atoms with van der Waals surface area (Å²) in [5, 5.41) is 4.63. The van der Waals surface area contributed by atoms with Crippen molar-refractivity contribution < 1.29 is 0 Å². The minimum Gasteiger partial charge on any atom is -0.324 e. The van der Waals surface area contributed by atoms with Gasteiger partial charge in [-0.15, -0.1) is 0 Å². The molecule has 6 heteroatoms. The molecule has 2 N–H and O–H groups in total. The van der Waals surface area contributed by atoms with E-state index >= 15 is 0 Å². The Labute approximate surface area is 150 Å². The van der Waals surface area contributed by atoms with Crippen molar-refractivity contribution >= 4 is 47.8 Å². The molecular formula is C15H18Br3N3. The normalized spacial score (nSPS) is 12.7. The molecule has 0 saturated carbocycles. The molecule has 1 aromatic carbocycles. The molecule has 0 aliphatic carbocycles. The number of hydrogen-bond acceptors (Lipinski definition) is 2. The third kappa shape index (κ3) is 3.78. The average molecular weight is 480 g/mol. The van der Waals surface area contributed by atoms with Crippen molar-refractivity contribution in [1.29, 1.82) is 0 Å². The maximum atomic E-state index is 6.43. The zero-order valence-corrected chi connectivity index (χ0v) is 16.8. The molecule has 1 unspecified atom stereocenters. The molecule has 3 nitrogen and oxygen atoms in total. The van der Waals surface area contributed by atoms with E-state index in [0.29, 0.717) is 0 Å². The largest absolute Gasteiger partial charge is 0.324 e. The second-order valence-electron chi connectivity index (χ2n) is 4.85. The fourth-order valence-electron chi connectivity index (χ4n) is 2.33. The van der Waals surface area contributed by atoms with Gasteiger partial charge < -0.3 is 5.73 Å². The average Bonchev–Trinajstić information content (AvgIpc) is 2.77. The van der Waals surface area contributed by atoms with Crippen molar-refractivity contribution in [2.75, 3.05) is 0 Å². The zero-order chi connectivity index (χ0) is 15.6. The topological polar surface area (TPSA) is 43.8 Å². The minimum absolute atomic E-state index is 0.0834. The molecule has 0 spiro atoms. The number of halogens is 3. The molecule has 1 aromatic heterocycles. The van der Waals surface area contributed by atoms with Crippen molar-refractivity contribution in [3.8, 4) is 0 Å². The second-order valence-corrected chi connectivity index (χ2v) is 7.42. The number of rotatable bonds is 5. The van der Waals surface area contributed by atoms with E-state index in [1.807, 2.05) is 16.8 Å². The first kappa shape index (κ1) is 17.2. The van der Waals surface area contributed by atoms with Gasteiger partial charge in [0.1, 0.15) is 0 Å². The van der Waals surface area contributed by atoms with Gasteiger partial charge in [0.2, 0.25) is 0 Å². The smallest absolute Gasteiger partial charge is 0.0766 e. The van der Waals surface area contributed by atoms with Gasteiger partial charge in [0.25, 0.3) is 0 Å². The molecule has 0 radical (unpaired) electrons. The third-order valence-electron chi connectivity index (χ3n) is 3.46. The summed E-state index contributed by atoms with van der Waals surface area (Å²) in [4.78, 5) is 0. The molecule has 0 amide bonds. The van der Waals surface area contributed by atoms with Crippen LogP contribution in [0.3, 0.4) is 0 Å². The van der Waals surface area contributed by atoms with Crippen molar-refractivity contribution in [1.82, 2.24) is 9.78 Å². The van der Waals surface area contributed by atoms with Crippen LogP contribution in [-0.2, 0) is 19.4 Å². The number of aromatic nitrogens is 2. The highest BCUT2D eigenvalue weighted by Crippen LogP contribution is 2.30. The predicted molar refractivity (Wildman–Crippen MR) is 97.5 cm³/mol. The molecule has 114 valence electrons. The highest BCUT2D eigenvalue weighted by atomic mass is 79.9. The Kier molecular flexibility index (Phi) is 6.05. The molecule has 1 atom stereocenters. The monoisotopic (exact) mass is 477 g/mol. The Hall–Kier alpha value is -0.170. The molecule has 0 aliphatic heterocycles. The van der Waals surface area contributed by atoms with Crippen molar-refractivity contribution in [2.45, 2.75) is 39.3 Å². The van der Waals surface area contributed by atoms with Gasteiger partial charge in [0.15, 0.2) is 0 Å². The standard InChI is InChI=1S/C15H18Br3N3/c1-3-13-15(18)14(21(4-2)20-13)8-12(19)10-7-9(16)5-6-11(10)17/h5-7,12H,3-4,8,19H2,1-2H3. The first-order chi connectivity index (χ1) is 9.97. The van der Waals surface area contributed by atoms with Crippen molar-refractivity contribution in [2.24, 2.45) is 5.73 Å². The van der Waals surface area contributed by atoms with Crippen LogP contribution in [0.25, 0.3) is 0 Å². The molecule has 2 rings (SSSR count). The quantitative estimate of drug-likeness (QED) is 0.656. The number of hydrogen-bond donors (Lipinski definition) is 1. The number of nitrogens with two attached hydrogens (primary N) is 1. The van der Waals surface area contributed by atoms with E-state index in [1.54, 1.807) is 0 Å². The van der Waals surface area contributed by atoms with Crippen LogP contribution < -0.4 is 5.73 Å². The molecule has 0 aliphatic rings. The first-order valence-corrected chi connectivity index (χ1v) is 9.30. The Morgan fingerprint density at radius 1 is 1.24 bits per heavy atom. The maximum Gasteiger partial charge on any atom is 0.0766 e. The van der Waals surface area contributed by atoms with Gasteiger partial charge >= 0.3 is 0 Å². The Balaban J connectivity index is 2.33. The predicted octanol–water partition coefficient (Wildman–Crippen LogP) is 5.00.